The predicted octanol–water partition coefficient (Wildman–Crippen LogP) is 3.86. The Morgan fingerprint density at radius 2 is 2.03 bits per heavy atom. The smallest absolute Gasteiger partial charge is 0.322 e. The number of carboxylic acids is 1. The van der Waals surface area contributed by atoms with Crippen LogP contribution in [0.4, 0.5) is 0 Å². The van der Waals surface area contributed by atoms with Gasteiger partial charge in [-0.15, -0.1) is 0 Å². The molecule has 10 heteroatoms. The maximum Gasteiger partial charge on any atom is 0.322 e. The van der Waals surface area contributed by atoms with Crippen LogP contribution < -0.4 is 4.72 Å². The molecule has 0 unspecified atom stereocenters. The molecule has 0 amide bonds. The lowest BCUT2D eigenvalue weighted by Gasteiger charge is -2.17. The molecule has 0 spiro atoms. The lowest BCUT2D eigenvalue weighted by Crippen LogP contribution is -2.42. The van der Waals surface area contributed by atoms with Gasteiger partial charge in [-0.25, -0.2) is 8.42 Å². The number of nitrogens with zero attached hydrogens (tertiary/aromatic N) is 2. The molecule has 1 saturated carbocycles. The van der Waals surface area contributed by atoms with Gasteiger partial charge in [0.15, 0.2) is 0 Å². The van der Waals surface area contributed by atoms with E-state index in [1.807, 2.05) is 6.92 Å². The topological polar surface area (TPSA) is 122 Å². The molecule has 0 bridgehead atoms. The van der Waals surface area contributed by atoms with Gasteiger partial charge >= 0.3 is 5.97 Å². The molecule has 0 radical (unpaired) electrons. The van der Waals surface area contributed by atoms with Crippen molar-refractivity contribution < 1.29 is 22.8 Å². The molecule has 1 aromatic heterocycles. The fourth-order valence-electron chi connectivity index (χ4n) is 3.49. The standard InChI is InChI=1S/C22H22ClN3O5S/c1-12-10-14(6-9-16(12)20-24-21(31-25-20)15-7-8-15)11-18(22(27)28)26-32(29,30)19-5-3-4-17(23)13(19)2/h3-6,9-10,15,18,26H,7-8,11H2,1-2H3,(H,27,28)/t18-/m1/s1. The van der Waals surface area contributed by atoms with Gasteiger partial charge in [-0.05, 0) is 61.9 Å². The largest absolute Gasteiger partial charge is 0.480 e. The summed E-state index contributed by atoms with van der Waals surface area (Å²) < 4.78 is 33.2. The number of hydrogen-bond donors (Lipinski definition) is 2. The number of aromatic nitrogens is 2. The maximum atomic E-state index is 12.8. The first-order chi connectivity index (χ1) is 15.2. The minimum Gasteiger partial charge on any atom is -0.480 e. The third kappa shape index (κ3) is 4.69. The van der Waals surface area contributed by atoms with Gasteiger partial charge in [0.05, 0.1) is 4.90 Å². The fourth-order valence-corrected chi connectivity index (χ4v) is 5.18. The van der Waals surface area contributed by atoms with Gasteiger partial charge in [0, 0.05) is 16.5 Å². The number of sulfonamides is 1. The first-order valence-electron chi connectivity index (χ1n) is 10.1. The summed E-state index contributed by atoms with van der Waals surface area (Å²) in [4.78, 5) is 16.2. The van der Waals surface area contributed by atoms with Gasteiger partial charge in [-0.3, -0.25) is 4.79 Å². The van der Waals surface area contributed by atoms with Gasteiger partial charge in [-0.2, -0.15) is 9.71 Å². The van der Waals surface area contributed by atoms with Crippen LogP contribution in [-0.2, 0) is 21.2 Å². The molecule has 32 heavy (non-hydrogen) atoms. The first kappa shape index (κ1) is 22.4. The van der Waals surface area contributed by atoms with E-state index in [-0.39, 0.29) is 16.3 Å². The van der Waals surface area contributed by atoms with E-state index in [1.54, 1.807) is 31.2 Å². The van der Waals surface area contributed by atoms with Crippen LogP contribution in [0.3, 0.4) is 0 Å². The molecular weight excluding hydrogens is 454 g/mol. The molecule has 0 aliphatic heterocycles. The van der Waals surface area contributed by atoms with Gasteiger partial charge in [0.2, 0.25) is 21.7 Å². The van der Waals surface area contributed by atoms with Crippen LogP contribution in [0.2, 0.25) is 5.02 Å². The fraction of sp³-hybridized carbons (Fsp3) is 0.318. The second kappa shape index (κ2) is 8.65. The van der Waals surface area contributed by atoms with Gasteiger partial charge < -0.3 is 9.63 Å². The third-order valence-corrected chi connectivity index (χ3v) is 7.47. The number of carboxylic acid groups (broad SMARTS) is 1. The Bertz CT molecular complexity index is 1280. The third-order valence-electron chi connectivity index (χ3n) is 5.44. The summed E-state index contributed by atoms with van der Waals surface area (Å²) in [7, 11) is -4.09. The molecule has 2 N–H and O–H groups in total. The van der Waals surface area contributed by atoms with Crippen LogP contribution in [0.1, 0.15) is 41.3 Å². The van der Waals surface area contributed by atoms with Crippen molar-refractivity contribution in [1.82, 2.24) is 14.9 Å². The van der Waals surface area contributed by atoms with Crippen LogP contribution in [-0.4, -0.2) is 35.7 Å². The number of halogens is 1. The van der Waals surface area contributed by atoms with Crippen molar-refractivity contribution in [3.8, 4) is 11.4 Å². The molecule has 3 aromatic rings. The molecular formula is C22H22ClN3O5S. The second-order valence-electron chi connectivity index (χ2n) is 7.96. The SMILES string of the molecule is Cc1cc(C[C@@H](NS(=O)(=O)c2cccc(Cl)c2C)C(=O)O)ccc1-c1noc(C2CC2)n1. The van der Waals surface area contributed by atoms with Gasteiger partial charge in [0.1, 0.15) is 6.04 Å². The Morgan fingerprint density at radius 1 is 1.28 bits per heavy atom. The quantitative estimate of drug-likeness (QED) is 0.507. The highest BCUT2D eigenvalue weighted by Crippen LogP contribution is 2.39. The van der Waals surface area contributed by atoms with E-state index in [1.165, 1.54) is 12.1 Å². The van der Waals surface area contributed by atoms with Crippen LogP contribution in [0, 0.1) is 13.8 Å². The van der Waals surface area contributed by atoms with E-state index in [0.717, 1.165) is 24.0 Å². The Morgan fingerprint density at radius 3 is 2.69 bits per heavy atom. The Balaban J connectivity index is 1.54. The summed E-state index contributed by atoms with van der Waals surface area (Å²) in [6.07, 6.45) is 2.08. The number of benzene rings is 2. The van der Waals surface area contributed by atoms with Crippen LogP contribution in [0.15, 0.2) is 45.8 Å². The zero-order chi connectivity index (χ0) is 23.0. The van der Waals surface area contributed by atoms with E-state index in [4.69, 9.17) is 16.1 Å². The summed E-state index contributed by atoms with van der Waals surface area (Å²) in [5, 5.41) is 14.0. The highest BCUT2D eigenvalue weighted by molar-refractivity contribution is 7.89. The predicted molar refractivity (Wildman–Crippen MR) is 118 cm³/mol. The molecule has 4 rings (SSSR count). The van der Waals surface area contributed by atoms with Crippen LogP contribution >= 0.6 is 11.6 Å². The van der Waals surface area contributed by atoms with Crippen molar-refractivity contribution in [2.75, 3.05) is 0 Å². The summed E-state index contributed by atoms with van der Waals surface area (Å²) in [6.45, 7) is 3.43. The molecule has 1 aliphatic rings. The maximum absolute atomic E-state index is 12.8. The molecule has 0 saturated heterocycles. The summed E-state index contributed by atoms with van der Waals surface area (Å²) >= 11 is 6.03. The van der Waals surface area contributed by atoms with Crippen molar-refractivity contribution in [2.24, 2.45) is 0 Å². The number of nitrogens with one attached hydrogen (secondary N) is 1. The summed E-state index contributed by atoms with van der Waals surface area (Å²) in [5.74, 6) is 0.202. The van der Waals surface area contributed by atoms with E-state index < -0.39 is 22.0 Å². The zero-order valence-corrected chi connectivity index (χ0v) is 19.1. The van der Waals surface area contributed by atoms with Crippen molar-refractivity contribution in [2.45, 2.75) is 50.0 Å². The van der Waals surface area contributed by atoms with Gasteiger partial charge in [0.25, 0.3) is 0 Å². The number of carbonyl (C=O) groups is 1. The minimum atomic E-state index is -4.09. The summed E-state index contributed by atoms with van der Waals surface area (Å²) in [5.41, 5.74) is 2.64. The monoisotopic (exact) mass is 475 g/mol. The van der Waals surface area contributed by atoms with Crippen molar-refractivity contribution >= 4 is 27.6 Å². The molecule has 8 nitrogen and oxygen atoms in total. The lowest BCUT2D eigenvalue weighted by atomic mass is 10.0. The Kier molecular flexibility index (Phi) is 6.07. The number of aliphatic carboxylic acids is 1. The molecule has 168 valence electrons. The van der Waals surface area contributed by atoms with Crippen LogP contribution in [0.5, 0.6) is 0 Å². The average molecular weight is 476 g/mol. The molecule has 1 aliphatic carbocycles. The highest BCUT2D eigenvalue weighted by Gasteiger charge is 2.30. The normalized spacial score (nSPS) is 15.0. The molecule has 1 fully saturated rings. The minimum absolute atomic E-state index is 0.0329. The summed E-state index contributed by atoms with van der Waals surface area (Å²) in [6, 6.07) is 8.46. The number of hydrogen-bond acceptors (Lipinski definition) is 6. The highest BCUT2D eigenvalue weighted by atomic mass is 35.5. The second-order valence-corrected chi connectivity index (χ2v) is 10.0. The number of aryl methyl sites for hydroxylation is 1. The molecule has 1 heterocycles. The van der Waals surface area contributed by atoms with E-state index >= 15 is 0 Å². The first-order valence-corrected chi connectivity index (χ1v) is 12.0. The molecule has 1 atom stereocenters. The Labute approximate surface area is 190 Å². The molecule has 2 aromatic carbocycles. The van der Waals surface area contributed by atoms with Crippen LogP contribution in [0.25, 0.3) is 11.4 Å². The average Bonchev–Trinajstić information content (AvgIpc) is 3.47. The Hall–Kier alpha value is -2.75. The van der Waals surface area contributed by atoms with Crippen molar-refractivity contribution in [1.29, 1.82) is 0 Å². The van der Waals surface area contributed by atoms with E-state index in [9.17, 15) is 18.3 Å². The van der Waals surface area contributed by atoms with Crippen molar-refractivity contribution in [3.05, 3.63) is 64.0 Å². The lowest BCUT2D eigenvalue weighted by molar-refractivity contribution is -0.138. The van der Waals surface area contributed by atoms with E-state index in [2.05, 4.69) is 14.9 Å². The van der Waals surface area contributed by atoms with E-state index in [0.29, 0.717) is 28.8 Å². The van der Waals surface area contributed by atoms with Gasteiger partial charge in [-0.1, -0.05) is 41.0 Å². The van der Waals surface area contributed by atoms with Crippen molar-refractivity contribution in [3.63, 3.8) is 0 Å². The zero-order valence-electron chi connectivity index (χ0n) is 17.5. The number of rotatable bonds is 8.